The molecule has 0 saturated carbocycles. The highest BCUT2D eigenvalue weighted by Gasteiger charge is 2.20. The number of benzene rings is 2. The molecule has 1 heterocycles. The molecule has 160 valence electrons. The lowest BCUT2D eigenvalue weighted by molar-refractivity contribution is -0.131. The van der Waals surface area contributed by atoms with Gasteiger partial charge in [-0.05, 0) is 54.8 Å². The number of aryl methyl sites for hydroxylation is 1. The third kappa shape index (κ3) is 5.85. The van der Waals surface area contributed by atoms with Gasteiger partial charge in [0.25, 0.3) is 5.91 Å². The monoisotopic (exact) mass is 407 g/mol. The second-order valence-electron chi connectivity index (χ2n) is 7.88. The highest BCUT2D eigenvalue weighted by Crippen LogP contribution is 2.20. The van der Waals surface area contributed by atoms with E-state index in [0.717, 1.165) is 63.2 Å². The number of nitrogens with zero attached hydrogens (tertiary/aromatic N) is 2. The van der Waals surface area contributed by atoms with Crippen molar-refractivity contribution >= 4 is 23.2 Å². The molecule has 3 rings (SSSR count). The number of hydrogen-bond acceptors (Lipinski definition) is 3. The Labute approximate surface area is 180 Å². The Balaban J connectivity index is 1.50. The molecule has 1 aliphatic rings. The van der Waals surface area contributed by atoms with E-state index in [2.05, 4.69) is 24.1 Å². The number of rotatable bonds is 8. The first-order valence-corrected chi connectivity index (χ1v) is 11.1. The lowest BCUT2D eigenvalue weighted by Crippen LogP contribution is -2.48. The molecule has 2 amide bonds. The fraction of sp³-hybridized carbons (Fsp3) is 0.440. The maximum atomic E-state index is 12.4. The van der Waals surface area contributed by atoms with Gasteiger partial charge in [-0.2, -0.15) is 0 Å². The summed E-state index contributed by atoms with van der Waals surface area (Å²) in [4.78, 5) is 29.0. The van der Waals surface area contributed by atoms with Crippen LogP contribution in [0, 0.1) is 0 Å². The molecule has 1 N–H and O–H groups in total. The second-order valence-corrected chi connectivity index (χ2v) is 7.88. The van der Waals surface area contributed by atoms with Gasteiger partial charge in [-0.15, -0.1) is 0 Å². The van der Waals surface area contributed by atoms with Crippen molar-refractivity contribution < 1.29 is 9.59 Å². The molecule has 0 aromatic heterocycles. The molecule has 0 radical (unpaired) electrons. The van der Waals surface area contributed by atoms with Crippen LogP contribution in [0.5, 0.6) is 0 Å². The summed E-state index contributed by atoms with van der Waals surface area (Å²) in [6.07, 6.45) is 4.89. The summed E-state index contributed by atoms with van der Waals surface area (Å²) in [5, 5.41) is 2.96. The first-order valence-electron chi connectivity index (χ1n) is 11.1. The Bertz CT molecular complexity index is 822. The van der Waals surface area contributed by atoms with Crippen LogP contribution in [0.4, 0.5) is 11.4 Å². The van der Waals surface area contributed by atoms with Gasteiger partial charge in [-0.25, -0.2) is 0 Å². The van der Waals surface area contributed by atoms with Gasteiger partial charge in [0.1, 0.15) is 0 Å². The van der Waals surface area contributed by atoms with E-state index in [9.17, 15) is 9.59 Å². The molecule has 0 spiro atoms. The van der Waals surface area contributed by atoms with Gasteiger partial charge >= 0.3 is 0 Å². The topological polar surface area (TPSA) is 52.7 Å². The van der Waals surface area contributed by atoms with Crippen molar-refractivity contribution in [1.29, 1.82) is 0 Å². The fourth-order valence-corrected chi connectivity index (χ4v) is 3.75. The highest BCUT2D eigenvalue weighted by molar-refractivity contribution is 6.04. The van der Waals surface area contributed by atoms with Crippen molar-refractivity contribution in [2.45, 2.75) is 46.0 Å². The molecule has 1 aliphatic heterocycles. The van der Waals surface area contributed by atoms with Gasteiger partial charge in [-0.3, -0.25) is 9.59 Å². The van der Waals surface area contributed by atoms with Crippen LogP contribution in [0.3, 0.4) is 0 Å². The molecule has 1 saturated heterocycles. The zero-order valence-electron chi connectivity index (χ0n) is 18.2. The molecule has 0 bridgehead atoms. The van der Waals surface area contributed by atoms with Gasteiger partial charge < -0.3 is 15.1 Å². The van der Waals surface area contributed by atoms with Gasteiger partial charge in [0.2, 0.25) is 5.91 Å². The number of piperazine rings is 1. The fourth-order valence-electron chi connectivity index (χ4n) is 3.75. The van der Waals surface area contributed by atoms with Crippen molar-refractivity contribution in [3.8, 4) is 0 Å². The van der Waals surface area contributed by atoms with Gasteiger partial charge in [0.15, 0.2) is 0 Å². The quantitative estimate of drug-likeness (QED) is 0.644. The van der Waals surface area contributed by atoms with E-state index < -0.39 is 0 Å². The third-order valence-corrected chi connectivity index (χ3v) is 5.74. The molecule has 0 aliphatic carbocycles. The number of nitrogens with one attached hydrogen (secondary N) is 1. The Hall–Kier alpha value is -2.82. The summed E-state index contributed by atoms with van der Waals surface area (Å²) in [6, 6.07) is 15.7. The van der Waals surface area contributed by atoms with E-state index >= 15 is 0 Å². The Morgan fingerprint density at radius 3 is 2.13 bits per heavy atom. The van der Waals surface area contributed by atoms with Crippen LogP contribution in [0.15, 0.2) is 48.5 Å². The summed E-state index contributed by atoms with van der Waals surface area (Å²) in [5.74, 6) is 0.189. The first-order chi connectivity index (χ1) is 14.6. The van der Waals surface area contributed by atoms with Crippen LogP contribution in [-0.2, 0) is 11.2 Å². The Morgan fingerprint density at radius 1 is 0.867 bits per heavy atom. The van der Waals surface area contributed by atoms with Gasteiger partial charge in [-0.1, -0.05) is 38.8 Å². The Morgan fingerprint density at radius 2 is 1.53 bits per heavy atom. The zero-order valence-corrected chi connectivity index (χ0v) is 18.2. The minimum atomic E-state index is -0.0967. The minimum Gasteiger partial charge on any atom is -0.368 e. The van der Waals surface area contributed by atoms with Crippen LogP contribution < -0.4 is 10.2 Å². The van der Waals surface area contributed by atoms with Crippen LogP contribution in [-0.4, -0.2) is 42.9 Å². The molecule has 0 unspecified atom stereocenters. The molecule has 5 nitrogen and oxygen atoms in total. The lowest BCUT2D eigenvalue weighted by atomic mass is 10.1. The maximum Gasteiger partial charge on any atom is 0.255 e. The van der Waals surface area contributed by atoms with Gasteiger partial charge in [0.05, 0.1) is 0 Å². The highest BCUT2D eigenvalue weighted by atomic mass is 16.2. The summed E-state index contributed by atoms with van der Waals surface area (Å²) in [6.45, 7) is 7.49. The molecule has 5 heteroatoms. The van der Waals surface area contributed by atoms with Crippen LogP contribution in [0.2, 0.25) is 0 Å². The average molecular weight is 408 g/mol. The number of carbonyl (C=O) groups excluding carboxylic acids is 2. The van der Waals surface area contributed by atoms with Crippen LogP contribution >= 0.6 is 0 Å². The van der Waals surface area contributed by atoms with Crippen molar-refractivity contribution in [3.63, 3.8) is 0 Å². The maximum absolute atomic E-state index is 12.4. The van der Waals surface area contributed by atoms with Crippen molar-refractivity contribution in [3.05, 3.63) is 59.7 Å². The van der Waals surface area contributed by atoms with Crippen molar-refractivity contribution in [1.82, 2.24) is 4.90 Å². The number of amides is 2. The van der Waals surface area contributed by atoms with Crippen LogP contribution in [0.25, 0.3) is 0 Å². The zero-order chi connectivity index (χ0) is 21.3. The number of carbonyl (C=O) groups is 2. The van der Waals surface area contributed by atoms with E-state index in [-0.39, 0.29) is 11.8 Å². The summed E-state index contributed by atoms with van der Waals surface area (Å²) in [5.41, 5.74) is 3.79. The molecule has 2 aromatic carbocycles. The van der Waals surface area contributed by atoms with E-state index in [4.69, 9.17) is 0 Å². The lowest BCUT2D eigenvalue weighted by Gasteiger charge is -2.36. The number of hydrogen-bond donors (Lipinski definition) is 1. The predicted molar refractivity (Wildman–Crippen MR) is 123 cm³/mol. The smallest absolute Gasteiger partial charge is 0.255 e. The van der Waals surface area contributed by atoms with E-state index in [1.165, 1.54) is 5.56 Å². The van der Waals surface area contributed by atoms with Crippen LogP contribution in [0.1, 0.15) is 55.5 Å². The summed E-state index contributed by atoms with van der Waals surface area (Å²) < 4.78 is 0. The largest absolute Gasteiger partial charge is 0.368 e. The van der Waals surface area contributed by atoms with Crippen molar-refractivity contribution in [2.75, 3.05) is 36.4 Å². The van der Waals surface area contributed by atoms with E-state index in [1.54, 1.807) is 0 Å². The third-order valence-electron chi connectivity index (χ3n) is 5.74. The first kappa shape index (κ1) is 21.9. The SMILES string of the molecule is CCCCCC(=O)N1CCN(c2ccc(NC(=O)c3ccc(CC)cc3)cc2)CC1. The molecular weight excluding hydrogens is 374 g/mol. The van der Waals surface area contributed by atoms with Gasteiger partial charge in [0, 0.05) is 49.5 Å². The predicted octanol–water partition coefficient (Wildman–Crippen LogP) is 4.73. The minimum absolute atomic E-state index is 0.0967. The number of anilines is 2. The summed E-state index contributed by atoms with van der Waals surface area (Å²) >= 11 is 0. The van der Waals surface area contributed by atoms with E-state index in [1.807, 2.05) is 53.4 Å². The Kier molecular flexibility index (Phi) is 7.89. The standard InChI is InChI=1S/C25H33N3O2/c1-3-5-6-7-24(29)28-18-16-27(17-19-28)23-14-12-22(13-15-23)26-25(30)21-10-8-20(4-2)9-11-21/h8-15H,3-7,16-19H2,1-2H3,(H,26,30). The molecular formula is C25H33N3O2. The van der Waals surface area contributed by atoms with E-state index in [0.29, 0.717) is 12.0 Å². The number of unbranched alkanes of at least 4 members (excludes halogenated alkanes) is 2. The molecule has 0 atom stereocenters. The molecule has 30 heavy (non-hydrogen) atoms. The summed E-state index contributed by atoms with van der Waals surface area (Å²) in [7, 11) is 0. The van der Waals surface area contributed by atoms with Crippen molar-refractivity contribution in [2.24, 2.45) is 0 Å². The second kappa shape index (κ2) is 10.8. The molecule has 2 aromatic rings. The normalized spacial score (nSPS) is 13.9. The molecule has 1 fully saturated rings. The average Bonchev–Trinajstić information content (AvgIpc) is 2.80.